The van der Waals surface area contributed by atoms with Crippen molar-refractivity contribution in [2.24, 2.45) is 0 Å². The van der Waals surface area contributed by atoms with Gasteiger partial charge in [-0.25, -0.2) is 0 Å². The third-order valence-corrected chi connectivity index (χ3v) is 4.09. The SMILES string of the molecule is CCC1C(=O)NCCN1Cc1ccc(Br)c([N+](=O)[O-])c1. The zero-order valence-electron chi connectivity index (χ0n) is 11.1. The van der Waals surface area contributed by atoms with Gasteiger partial charge >= 0.3 is 0 Å². The van der Waals surface area contributed by atoms with Gasteiger partial charge in [-0.1, -0.05) is 13.0 Å². The first-order valence-electron chi connectivity index (χ1n) is 6.47. The molecule has 2 rings (SSSR count). The van der Waals surface area contributed by atoms with Crippen LogP contribution in [-0.2, 0) is 11.3 Å². The molecule has 7 heteroatoms. The van der Waals surface area contributed by atoms with E-state index in [9.17, 15) is 14.9 Å². The number of piperazine rings is 1. The Labute approximate surface area is 125 Å². The molecular formula is C13H16BrN3O3. The highest BCUT2D eigenvalue weighted by Gasteiger charge is 2.28. The van der Waals surface area contributed by atoms with Crippen LogP contribution in [0.25, 0.3) is 0 Å². The van der Waals surface area contributed by atoms with E-state index < -0.39 is 4.92 Å². The molecule has 1 heterocycles. The lowest BCUT2D eigenvalue weighted by atomic mass is 10.1. The summed E-state index contributed by atoms with van der Waals surface area (Å²) in [5.74, 6) is 0.0327. The van der Waals surface area contributed by atoms with E-state index in [1.54, 1.807) is 12.1 Å². The maximum absolute atomic E-state index is 11.8. The number of nitro benzene ring substituents is 1. The first kappa shape index (κ1) is 14.9. The summed E-state index contributed by atoms with van der Waals surface area (Å²) in [5.41, 5.74) is 0.894. The number of benzene rings is 1. The van der Waals surface area contributed by atoms with Crippen molar-refractivity contribution in [1.82, 2.24) is 10.2 Å². The van der Waals surface area contributed by atoms with E-state index in [0.717, 1.165) is 18.5 Å². The summed E-state index contributed by atoms with van der Waals surface area (Å²) in [4.78, 5) is 24.4. The fourth-order valence-corrected chi connectivity index (χ4v) is 2.82. The Kier molecular flexibility index (Phi) is 4.72. The molecule has 1 amide bonds. The number of rotatable bonds is 4. The number of carbonyl (C=O) groups excluding carboxylic acids is 1. The molecule has 20 heavy (non-hydrogen) atoms. The Hall–Kier alpha value is -1.47. The average Bonchev–Trinajstić information content (AvgIpc) is 2.41. The molecule has 1 unspecified atom stereocenters. The topological polar surface area (TPSA) is 75.5 Å². The molecule has 1 atom stereocenters. The summed E-state index contributed by atoms with van der Waals surface area (Å²) in [6.45, 7) is 3.88. The molecule has 0 aromatic heterocycles. The van der Waals surface area contributed by atoms with E-state index >= 15 is 0 Å². The van der Waals surface area contributed by atoms with Crippen molar-refractivity contribution in [2.45, 2.75) is 25.9 Å². The molecule has 1 aliphatic heterocycles. The smallest absolute Gasteiger partial charge is 0.283 e. The number of halogens is 1. The van der Waals surface area contributed by atoms with Crippen LogP contribution >= 0.6 is 15.9 Å². The van der Waals surface area contributed by atoms with Crippen LogP contribution in [0.5, 0.6) is 0 Å². The molecule has 0 bridgehead atoms. The van der Waals surface area contributed by atoms with E-state index in [1.807, 2.05) is 13.0 Å². The van der Waals surface area contributed by atoms with E-state index in [-0.39, 0.29) is 17.6 Å². The van der Waals surface area contributed by atoms with Crippen molar-refractivity contribution < 1.29 is 9.72 Å². The first-order chi connectivity index (χ1) is 9.52. The lowest BCUT2D eigenvalue weighted by Gasteiger charge is -2.34. The molecular weight excluding hydrogens is 326 g/mol. The molecule has 0 radical (unpaired) electrons. The van der Waals surface area contributed by atoms with Crippen LogP contribution in [0.2, 0.25) is 0 Å². The van der Waals surface area contributed by atoms with Crippen molar-refractivity contribution in [1.29, 1.82) is 0 Å². The highest BCUT2D eigenvalue weighted by molar-refractivity contribution is 9.10. The van der Waals surface area contributed by atoms with Gasteiger partial charge in [-0.05, 0) is 34.0 Å². The van der Waals surface area contributed by atoms with Crippen LogP contribution in [0, 0.1) is 10.1 Å². The Morgan fingerprint density at radius 2 is 2.30 bits per heavy atom. The minimum atomic E-state index is -0.409. The third kappa shape index (κ3) is 3.16. The van der Waals surface area contributed by atoms with Crippen molar-refractivity contribution in [3.63, 3.8) is 0 Å². The lowest BCUT2D eigenvalue weighted by molar-refractivity contribution is -0.385. The van der Waals surface area contributed by atoms with Crippen LogP contribution in [0.3, 0.4) is 0 Å². The third-order valence-electron chi connectivity index (χ3n) is 3.42. The Bertz CT molecular complexity index is 536. The van der Waals surface area contributed by atoms with Crippen LogP contribution in [0.1, 0.15) is 18.9 Å². The number of hydrogen-bond donors (Lipinski definition) is 1. The number of nitro groups is 1. The van der Waals surface area contributed by atoms with E-state index in [2.05, 4.69) is 26.1 Å². The van der Waals surface area contributed by atoms with E-state index in [0.29, 0.717) is 17.6 Å². The molecule has 108 valence electrons. The molecule has 0 aliphatic carbocycles. The summed E-state index contributed by atoms with van der Waals surface area (Å²) in [7, 11) is 0. The molecule has 0 saturated carbocycles. The fraction of sp³-hybridized carbons (Fsp3) is 0.462. The van der Waals surface area contributed by atoms with Gasteiger partial charge in [-0.3, -0.25) is 19.8 Å². The van der Waals surface area contributed by atoms with E-state index in [1.165, 1.54) is 0 Å². The number of nitrogens with one attached hydrogen (secondary N) is 1. The summed E-state index contributed by atoms with van der Waals surface area (Å²) in [6.07, 6.45) is 0.727. The van der Waals surface area contributed by atoms with Crippen molar-refractivity contribution in [2.75, 3.05) is 13.1 Å². The summed E-state index contributed by atoms with van der Waals surface area (Å²) in [5, 5.41) is 13.8. The highest BCUT2D eigenvalue weighted by Crippen LogP contribution is 2.26. The van der Waals surface area contributed by atoms with Gasteiger partial charge in [0.25, 0.3) is 5.69 Å². The van der Waals surface area contributed by atoms with Crippen LogP contribution in [0.4, 0.5) is 5.69 Å². The van der Waals surface area contributed by atoms with Gasteiger partial charge in [0.2, 0.25) is 5.91 Å². The maximum atomic E-state index is 11.8. The standard InChI is InChI=1S/C13H16BrN3O3/c1-2-11-13(18)15-5-6-16(11)8-9-3-4-10(14)12(7-9)17(19)20/h3-4,7,11H,2,5-6,8H2,1H3,(H,15,18). The van der Waals surface area contributed by atoms with Crippen molar-refractivity contribution >= 4 is 27.5 Å². The fourth-order valence-electron chi connectivity index (χ4n) is 2.43. The van der Waals surface area contributed by atoms with Gasteiger partial charge in [0.05, 0.1) is 15.4 Å². The van der Waals surface area contributed by atoms with E-state index in [4.69, 9.17) is 0 Å². The molecule has 1 aliphatic rings. The van der Waals surface area contributed by atoms with Crippen LogP contribution in [-0.4, -0.2) is 34.9 Å². The van der Waals surface area contributed by atoms with Gasteiger partial charge < -0.3 is 5.32 Å². The number of nitrogens with zero attached hydrogens (tertiary/aromatic N) is 2. The predicted molar refractivity (Wildman–Crippen MR) is 78.3 cm³/mol. The molecule has 1 aromatic rings. The number of carbonyl (C=O) groups is 1. The van der Waals surface area contributed by atoms with Gasteiger partial charge in [0.15, 0.2) is 0 Å². The largest absolute Gasteiger partial charge is 0.353 e. The molecule has 1 saturated heterocycles. The second kappa shape index (κ2) is 6.32. The summed E-state index contributed by atoms with van der Waals surface area (Å²) < 4.78 is 0.467. The zero-order valence-corrected chi connectivity index (χ0v) is 12.7. The number of hydrogen-bond acceptors (Lipinski definition) is 4. The quantitative estimate of drug-likeness (QED) is 0.671. The summed E-state index contributed by atoms with van der Waals surface area (Å²) >= 11 is 3.17. The van der Waals surface area contributed by atoms with Gasteiger partial charge in [0, 0.05) is 25.7 Å². The molecule has 1 N–H and O–H groups in total. The Morgan fingerprint density at radius 1 is 1.55 bits per heavy atom. The average molecular weight is 342 g/mol. The zero-order chi connectivity index (χ0) is 14.7. The normalized spacial score (nSPS) is 19.7. The van der Waals surface area contributed by atoms with Crippen molar-refractivity contribution in [3.8, 4) is 0 Å². The Balaban J connectivity index is 2.18. The lowest BCUT2D eigenvalue weighted by Crippen LogP contribution is -2.54. The van der Waals surface area contributed by atoms with Gasteiger partial charge in [-0.15, -0.1) is 0 Å². The molecule has 0 spiro atoms. The molecule has 1 fully saturated rings. The monoisotopic (exact) mass is 341 g/mol. The summed E-state index contributed by atoms with van der Waals surface area (Å²) in [6, 6.07) is 4.92. The first-order valence-corrected chi connectivity index (χ1v) is 7.26. The predicted octanol–water partition coefficient (Wildman–Crippen LogP) is 2.07. The molecule has 1 aromatic carbocycles. The Morgan fingerprint density at radius 3 is 2.95 bits per heavy atom. The van der Waals surface area contributed by atoms with Crippen molar-refractivity contribution in [3.05, 3.63) is 38.3 Å². The second-order valence-corrected chi connectivity index (χ2v) is 5.58. The number of amides is 1. The maximum Gasteiger partial charge on any atom is 0.283 e. The van der Waals surface area contributed by atoms with Gasteiger partial charge in [0.1, 0.15) is 0 Å². The van der Waals surface area contributed by atoms with Crippen LogP contribution in [0.15, 0.2) is 22.7 Å². The molecule has 6 nitrogen and oxygen atoms in total. The van der Waals surface area contributed by atoms with Crippen LogP contribution < -0.4 is 5.32 Å². The highest BCUT2D eigenvalue weighted by atomic mass is 79.9. The minimum absolute atomic E-state index is 0.0327. The second-order valence-electron chi connectivity index (χ2n) is 4.73. The minimum Gasteiger partial charge on any atom is -0.353 e. The van der Waals surface area contributed by atoms with Gasteiger partial charge in [-0.2, -0.15) is 0 Å².